The number of rotatable bonds is 6. The lowest BCUT2D eigenvalue weighted by Crippen LogP contribution is -2.35. The molecule has 0 radical (unpaired) electrons. The zero-order valence-electron chi connectivity index (χ0n) is 62.5. The molecule has 0 saturated heterocycles. The first-order valence-electron chi connectivity index (χ1n) is 33.8. The van der Waals surface area contributed by atoms with E-state index in [1.807, 2.05) is 0 Å². The average Bonchev–Trinajstić information content (AvgIpc) is 0.884. The summed E-state index contributed by atoms with van der Waals surface area (Å²) >= 11 is 0. The van der Waals surface area contributed by atoms with Crippen LogP contribution in [0.1, 0.15) is 101 Å². The molecule has 0 N–H and O–H groups in total. The van der Waals surface area contributed by atoms with E-state index in [-0.39, 0.29) is 0 Å². The minimum absolute atomic E-state index is 1.28. The number of pyridine rings is 6. The molecule has 12 aromatic rings. The van der Waals surface area contributed by atoms with Crippen molar-refractivity contribution >= 4 is 0 Å². The molecule has 96 heavy (non-hydrogen) atoms. The third kappa shape index (κ3) is 18.0. The highest BCUT2D eigenvalue weighted by Crippen LogP contribution is 2.29. The second kappa shape index (κ2) is 33.6. The van der Waals surface area contributed by atoms with E-state index in [9.17, 15) is 0 Å². The largest absolute Gasteiger partial charge is 0.215 e. The maximum Gasteiger partial charge on any atom is 0.215 e. The Hall–Kier alpha value is -9.78. The van der Waals surface area contributed by atoms with Gasteiger partial charge in [-0.2, -0.15) is 18.3 Å². The molecule has 6 aromatic heterocycles. The monoisotopic (exact) mass is 1270 g/mol. The fourth-order valence-electron chi connectivity index (χ4n) is 12.5. The molecule has 0 aliphatic carbocycles. The summed E-state index contributed by atoms with van der Waals surface area (Å²) in [7, 11) is 12.7. The number of hydrogen-bond donors (Lipinski definition) is 0. The van der Waals surface area contributed by atoms with Crippen molar-refractivity contribution in [3.63, 3.8) is 0 Å². The van der Waals surface area contributed by atoms with E-state index in [4.69, 9.17) is 0 Å². The Labute approximate surface area is 577 Å². The van der Waals surface area contributed by atoms with Crippen LogP contribution in [0.5, 0.6) is 0 Å². The Kier molecular flexibility index (Phi) is 25.7. The molecule has 6 heteroatoms. The Morgan fingerprint density at radius 3 is 0.833 bits per heavy atom. The minimum atomic E-state index is 1.28. The molecule has 0 atom stereocenters. The van der Waals surface area contributed by atoms with Crippen molar-refractivity contribution in [2.24, 2.45) is 42.3 Å². The lowest BCUT2D eigenvalue weighted by Gasteiger charge is -2.08. The van der Waals surface area contributed by atoms with E-state index in [1.165, 1.54) is 168 Å². The summed E-state index contributed by atoms with van der Waals surface area (Å²) in [5.74, 6) is 0. The van der Waals surface area contributed by atoms with E-state index < -0.39 is 0 Å². The molecule has 492 valence electrons. The highest BCUT2D eigenvalue weighted by atomic mass is 15.0. The van der Waals surface area contributed by atoms with Gasteiger partial charge in [0.15, 0.2) is 35.2 Å². The van der Waals surface area contributed by atoms with Gasteiger partial charge in [0.05, 0.1) is 11.1 Å². The van der Waals surface area contributed by atoms with Crippen molar-refractivity contribution in [2.75, 3.05) is 0 Å². The van der Waals surface area contributed by atoms with E-state index in [0.29, 0.717) is 0 Å². The number of benzene rings is 6. The molecule has 0 aliphatic heterocycles. The van der Waals surface area contributed by atoms with Gasteiger partial charge in [-0.15, -0.1) is 0 Å². The number of nitrogens with zero attached hydrogens (tertiary/aromatic N) is 6. The van der Waals surface area contributed by atoms with Crippen LogP contribution in [0.2, 0.25) is 0 Å². The van der Waals surface area contributed by atoms with Crippen LogP contribution in [0, 0.1) is 125 Å². The van der Waals surface area contributed by atoms with Gasteiger partial charge in [-0.05, 0) is 212 Å². The first-order valence-corrected chi connectivity index (χ1v) is 33.8. The maximum atomic E-state index is 2.26. The van der Waals surface area contributed by atoms with Gasteiger partial charge in [0.2, 0.25) is 34.2 Å². The SMILES string of the molecule is Cc1cc[n+](C)c(-c2cccc(C)c2C)c1.Cc1cc[n+](C)c(-c2cccc(C)c2C)c1.Cc1cccc(C)c1-c1cccc(C)[n+]1C.Cc1cccc(C)c1-c1cccc(C)[n+]1C.Cc1ccccc1-c1c(C)ccc(C)[n+]1C.Cc1ccccc1-c1c(C)ccc(C)[n+]1C. The summed E-state index contributed by atoms with van der Waals surface area (Å²) in [4.78, 5) is 0. The van der Waals surface area contributed by atoms with Gasteiger partial charge in [0.25, 0.3) is 0 Å². The minimum Gasteiger partial charge on any atom is -0.201 e. The lowest BCUT2D eigenvalue weighted by molar-refractivity contribution is -0.667. The normalized spacial score (nSPS) is 10.5. The molecular weight excluding hydrogens is 1170 g/mol. The van der Waals surface area contributed by atoms with Crippen LogP contribution in [0.3, 0.4) is 0 Å². The zero-order valence-corrected chi connectivity index (χ0v) is 62.5. The summed E-state index contributed by atoms with van der Waals surface area (Å²) in [6.45, 7) is 38.9. The topological polar surface area (TPSA) is 23.3 Å². The van der Waals surface area contributed by atoms with Gasteiger partial charge in [-0.1, -0.05) is 97.1 Å². The Morgan fingerprint density at radius 1 is 0.208 bits per heavy atom. The van der Waals surface area contributed by atoms with Crippen LogP contribution in [-0.4, -0.2) is 0 Å². The van der Waals surface area contributed by atoms with Gasteiger partial charge in [-0.25, -0.2) is 9.13 Å². The van der Waals surface area contributed by atoms with Gasteiger partial charge in [0.1, 0.15) is 42.3 Å². The number of aromatic nitrogens is 6. The molecule has 0 fully saturated rings. The molecule has 0 bridgehead atoms. The van der Waals surface area contributed by atoms with Gasteiger partial charge < -0.3 is 0 Å². The molecular formula is C90H108N6+6. The van der Waals surface area contributed by atoms with Gasteiger partial charge in [-0.3, -0.25) is 0 Å². The molecule has 6 aromatic carbocycles. The van der Waals surface area contributed by atoms with Crippen LogP contribution in [0.25, 0.3) is 67.5 Å². The highest BCUT2D eigenvalue weighted by molar-refractivity contribution is 5.68. The van der Waals surface area contributed by atoms with E-state index in [2.05, 4.69) is 413 Å². The Bertz CT molecular complexity index is 4360. The van der Waals surface area contributed by atoms with Crippen molar-refractivity contribution in [3.8, 4) is 67.5 Å². The average molecular weight is 1270 g/mol. The second-order valence-corrected chi connectivity index (χ2v) is 26.4. The quantitative estimate of drug-likeness (QED) is 0.148. The van der Waals surface area contributed by atoms with Crippen LogP contribution in [0.15, 0.2) is 219 Å². The van der Waals surface area contributed by atoms with Crippen molar-refractivity contribution in [2.45, 2.75) is 125 Å². The van der Waals surface area contributed by atoms with Crippen molar-refractivity contribution in [3.05, 3.63) is 319 Å². The smallest absolute Gasteiger partial charge is 0.201 e. The molecule has 0 aliphatic rings. The molecule has 0 amide bonds. The van der Waals surface area contributed by atoms with Crippen LogP contribution in [-0.2, 0) is 42.3 Å². The third-order valence-electron chi connectivity index (χ3n) is 19.2. The number of hydrogen-bond acceptors (Lipinski definition) is 0. The van der Waals surface area contributed by atoms with Gasteiger partial charge >= 0.3 is 0 Å². The second-order valence-electron chi connectivity index (χ2n) is 26.4. The molecule has 0 spiro atoms. The maximum absolute atomic E-state index is 2.26. The summed E-state index contributed by atoms with van der Waals surface area (Å²) in [5.41, 5.74) is 39.6. The van der Waals surface area contributed by atoms with Crippen LogP contribution < -0.4 is 27.4 Å². The van der Waals surface area contributed by atoms with Crippen LogP contribution >= 0.6 is 0 Å². The van der Waals surface area contributed by atoms with E-state index in [0.717, 1.165) is 0 Å². The summed E-state index contributed by atoms with van der Waals surface area (Å²) < 4.78 is 13.4. The lowest BCUT2D eigenvalue weighted by atomic mass is 9.99. The van der Waals surface area contributed by atoms with E-state index in [1.54, 1.807) is 0 Å². The van der Waals surface area contributed by atoms with E-state index >= 15 is 0 Å². The van der Waals surface area contributed by atoms with Crippen molar-refractivity contribution in [1.82, 2.24) is 0 Å². The molecule has 6 heterocycles. The summed E-state index contributed by atoms with van der Waals surface area (Å²) in [5, 5.41) is 0. The zero-order chi connectivity index (χ0) is 70.2. The van der Waals surface area contributed by atoms with Crippen molar-refractivity contribution < 1.29 is 27.4 Å². The predicted molar refractivity (Wildman–Crippen MR) is 404 cm³/mol. The fourth-order valence-corrected chi connectivity index (χ4v) is 12.5. The third-order valence-corrected chi connectivity index (χ3v) is 19.2. The Balaban J connectivity index is 0.000000163. The molecule has 12 rings (SSSR count). The van der Waals surface area contributed by atoms with Gasteiger partial charge in [0, 0.05) is 122 Å². The highest BCUT2D eigenvalue weighted by Gasteiger charge is 2.21. The summed E-state index contributed by atoms with van der Waals surface area (Å²) in [6.07, 6.45) is 4.24. The van der Waals surface area contributed by atoms with Crippen LogP contribution in [0.4, 0.5) is 0 Å². The summed E-state index contributed by atoms with van der Waals surface area (Å²) in [6, 6.07) is 73.3. The standard InChI is InChI=1S/6C15H18N/c2*1-11-7-5-8-12(2)15(11)14-10-6-9-13(3)16(14)4;2*1-11-8-9-16(4)15(10-11)14-7-5-6-12(2)13(14)3;2*1-11-7-5-6-8-14(11)15-12(2)9-10-13(3)16(15)4/h6*5-10H,1-4H3/q6*+1. The Morgan fingerprint density at radius 2 is 0.490 bits per heavy atom. The predicted octanol–water partition coefficient (Wildman–Crippen LogP) is 18.6. The first kappa shape index (κ1) is 73.6. The molecule has 0 saturated carbocycles. The molecule has 6 nitrogen and oxygen atoms in total. The number of aryl methyl sites for hydroxylation is 18. The van der Waals surface area contributed by atoms with Crippen molar-refractivity contribution in [1.29, 1.82) is 0 Å². The fraction of sp³-hybridized carbons (Fsp3) is 0.267. The first-order chi connectivity index (χ1) is 45.6. The molecule has 0 unspecified atom stereocenters.